The third-order valence-corrected chi connectivity index (χ3v) is 5.31. The van der Waals surface area contributed by atoms with Gasteiger partial charge in [-0.15, -0.1) is 0 Å². The zero-order valence-electron chi connectivity index (χ0n) is 19.0. The highest BCUT2D eigenvalue weighted by Gasteiger charge is 2.21. The third kappa shape index (κ3) is 4.96. The van der Waals surface area contributed by atoms with Crippen LogP contribution in [0.15, 0.2) is 33.9 Å². The summed E-state index contributed by atoms with van der Waals surface area (Å²) in [6, 6.07) is 7.05. The number of rotatable bonds is 11. The number of aliphatic hydroxyl groups excluding tert-OH is 1. The third-order valence-electron chi connectivity index (χ3n) is 5.31. The standard InChI is InChI=1S/C22H31N5O5/c1-5-6-7-12-23-21-24-19-18(20(29)26(3)22(30)25(19)2)27(21)13-15(28)14-32-17-10-8-16(31-4)9-11-17/h8-11,15,28H,5-7,12-14H2,1-4H3,(H,23,24)/t15-/m1/s1. The number of aromatic nitrogens is 4. The number of unbranched alkanes of at least 4 members (excludes halogenated alkanes) is 2. The van der Waals surface area contributed by atoms with Crippen LogP contribution in [0.25, 0.3) is 11.2 Å². The number of nitrogens with zero attached hydrogens (tertiary/aromatic N) is 4. The molecule has 0 radical (unpaired) electrons. The maximum Gasteiger partial charge on any atom is 0.332 e. The van der Waals surface area contributed by atoms with Crippen molar-refractivity contribution < 1.29 is 14.6 Å². The van der Waals surface area contributed by atoms with E-state index >= 15 is 0 Å². The summed E-state index contributed by atoms with van der Waals surface area (Å²) in [4.78, 5) is 29.7. The van der Waals surface area contributed by atoms with Gasteiger partial charge >= 0.3 is 5.69 Å². The molecule has 32 heavy (non-hydrogen) atoms. The summed E-state index contributed by atoms with van der Waals surface area (Å²) in [6.45, 7) is 2.89. The molecule has 3 aromatic rings. The monoisotopic (exact) mass is 445 g/mol. The van der Waals surface area contributed by atoms with Crippen molar-refractivity contribution in [2.24, 2.45) is 14.1 Å². The Kier molecular flexibility index (Phi) is 7.57. The Morgan fingerprint density at radius 3 is 2.44 bits per heavy atom. The number of benzene rings is 1. The van der Waals surface area contributed by atoms with Crippen molar-refractivity contribution in [3.05, 3.63) is 45.1 Å². The van der Waals surface area contributed by atoms with Crippen LogP contribution in [-0.4, -0.2) is 50.2 Å². The maximum absolute atomic E-state index is 12.9. The SMILES string of the molecule is CCCCCNc1nc2c(c(=O)n(C)c(=O)n2C)n1C[C@@H](O)COc1ccc(OC)cc1. The van der Waals surface area contributed by atoms with E-state index in [2.05, 4.69) is 17.2 Å². The van der Waals surface area contributed by atoms with Gasteiger partial charge in [0.15, 0.2) is 11.2 Å². The van der Waals surface area contributed by atoms with Crippen molar-refractivity contribution in [1.29, 1.82) is 0 Å². The van der Waals surface area contributed by atoms with Crippen LogP contribution in [0.5, 0.6) is 11.5 Å². The van der Waals surface area contributed by atoms with Gasteiger partial charge in [0.2, 0.25) is 5.95 Å². The summed E-state index contributed by atoms with van der Waals surface area (Å²) in [7, 11) is 4.59. The van der Waals surface area contributed by atoms with E-state index in [0.29, 0.717) is 24.0 Å². The van der Waals surface area contributed by atoms with Crippen LogP contribution in [0.2, 0.25) is 0 Å². The molecule has 0 saturated heterocycles. The van der Waals surface area contributed by atoms with Crippen molar-refractivity contribution in [1.82, 2.24) is 18.7 Å². The Morgan fingerprint density at radius 2 is 1.78 bits per heavy atom. The van der Waals surface area contributed by atoms with Crippen molar-refractivity contribution in [3.63, 3.8) is 0 Å². The van der Waals surface area contributed by atoms with Gasteiger partial charge in [-0.1, -0.05) is 19.8 Å². The average molecular weight is 446 g/mol. The summed E-state index contributed by atoms with van der Waals surface area (Å²) in [5.41, 5.74) is -0.371. The molecule has 0 unspecified atom stereocenters. The molecular formula is C22H31N5O5. The second-order valence-electron chi connectivity index (χ2n) is 7.70. The van der Waals surface area contributed by atoms with Crippen LogP contribution in [-0.2, 0) is 20.6 Å². The second-order valence-corrected chi connectivity index (χ2v) is 7.70. The number of anilines is 1. The molecule has 10 nitrogen and oxygen atoms in total. The van der Waals surface area contributed by atoms with E-state index in [0.717, 1.165) is 23.8 Å². The number of ether oxygens (including phenoxy) is 2. The molecule has 1 atom stereocenters. The first kappa shape index (κ1) is 23.4. The molecule has 0 fully saturated rings. The summed E-state index contributed by atoms with van der Waals surface area (Å²) in [5.74, 6) is 1.75. The Hall–Kier alpha value is -3.27. The lowest BCUT2D eigenvalue weighted by molar-refractivity contribution is 0.0938. The summed E-state index contributed by atoms with van der Waals surface area (Å²) in [5, 5.41) is 13.9. The number of aryl methyl sites for hydroxylation is 1. The fraction of sp³-hybridized carbons (Fsp3) is 0.500. The van der Waals surface area contributed by atoms with Crippen LogP contribution >= 0.6 is 0 Å². The predicted octanol–water partition coefficient (Wildman–Crippen LogP) is 1.48. The Labute approximate surface area is 186 Å². The maximum atomic E-state index is 12.9. The number of imidazole rings is 1. The van der Waals surface area contributed by atoms with Gasteiger partial charge in [0.25, 0.3) is 5.56 Å². The number of methoxy groups -OCH3 is 1. The van der Waals surface area contributed by atoms with Gasteiger partial charge in [0, 0.05) is 20.6 Å². The first-order chi connectivity index (χ1) is 15.4. The van der Waals surface area contributed by atoms with E-state index in [9.17, 15) is 14.7 Å². The van der Waals surface area contributed by atoms with Crippen LogP contribution in [0.1, 0.15) is 26.2 Å². The van der Waals surface area contributed by atoms with Crippen molar-refractivity contribution >= 4 is 17.1 Å². The molecule has 10 heteroatoms. The van der Waals surface area contributed by atoms with E-state index < -0.39 is 17.4 Å². The van der Waals surface area contributed by atoms with Gasteiger partial charge in [-0.3, -0.25) is 13.9 Å². The zero-order valence-corrected chi connectivity index (χ0v) is 19.0. The first-order valence-electron chi connectivity index (χ1n) is 10.7. The largest absolute Gasteiger partial charge is 0.497 e. The Morgan fingerprint density at radius 1 is 1.09 bits per heavy atom. The first-order valence-corrected chi connectivity index (χ1v) is 10.7. The molecule has 0 amide bonds. The highest BCUT2D eigenvalue weighted by molar-refractivity contribution is 5.74. The highest BCUT2D eigenvalue weighted by atomic mass is 16.5. The molecule has 2 aromatic heterocycles. The minimum atomic E-state index is -0.910. The lowest BCUT2D eigenvalue weighted by Gasteiger charge is -2.16. The van der Waals surface area contributed by atoms with Crippen molar-refractivity contribution in [2.75, 3.05) is 25.6 Å². The highest BCUT2D eigenvalue weighted by Crippen LogP contribution is 2.19. The van der Waals surface area contributed by atoms with Crippen LogP contribution in [0.4, 0.5) is 5.95 Å². The van der Waals surface area contributed by atoms with Crippen LogP contribution < -0.4 is 26.0 Å². The van der Waals surface area contributed by atoms with Gasteiger partial charge < -0.3 is 24.5 Å². The fourth-order valence-corrected chi connectivity index (χ4v) is 3.46. The van der Waals surface area contributed by atoms with Crippen molar-refractivity contribution in [3.8, 4) is 11.5 Å². The molecule has 1 aromatic carbocycles. The minimum absolute atomic E-state index is 0.0212. The summed E-state index contributed by atoms with van der Waals surface area (Å²) in [6.07, 6.45) is 2.17. The van der Waals surface area contributed by atoms with E-state index in [1.54, 1.807) is 43.0 Å². The smallest absolute Gasteiger partial charge is 0.332 e. The number of aliphatic hydroxyl groups is 1. The van der Waals surface area contributed by atoms with Crippen LogP contribution in [0, 0.1) is 0 Å². The summed E-state index contributed by atoms with van der Waals surface area (Å²) >= 11 is 0. The molecule has 0 aliphatic carbocycles. The predicted molar refractivity (Wildman–Crippen MR) is 123 cm³/mol. The Balaban J connectivity index is 1.86. The molecule has 174 valence electrons. The van der Waals surface area contributed by atoms with Crippen LogP contribution in [0.3, 0.4) is 0 Å². The fourth-order valence-electron chi connectivity index (χ4n) is 3.46. The number of hydrogen-bond donors (Lipinski definition) is 2. The average Bonchev–Trinajstić information content (AvgIpc) is 3.16. The van der Waals surface area contributed by atoms with Gasteiger partial charge in [0.05, 0.1) is 13.7 Å². The molecule has 0 spiro atoms. The molecule has 0 bridgehead atoms. The lowest BCUT2D eigenvalue weighted by atomic mass is 10.2. The zero-order chi connectivity index (χ0) is 23.3. The van der Waals surface area contributed by atoms with Gasteiger partial charge in [-0.25, -0.2) is 4.79 Å². The van der Waals surface area contributed by atoms with E-state index in [4.69, 9.17) is 9.47 Å². The molecule has 2 heterocycles. The van der Waals surface area contributed by atoms with Crippen molar-refractivity contribution in [2.45, 2.75) is 38.8 Å². The van der Waals surface area contributed by atoms with Gasteiger partial charge in [0.1, 0.15) is 24.2 Å². The number of nitrogens with one attached hydrogen (secondary N) is 1. The minimum Gasteiger partial charge on any atom is -0.497 e. The van der Waals surface area contributed by atoms with E-state index in [1.165, 1.54) is 11.6 Å². The summed E-state index contributed by atoms with van der Waals surface area (Å²) < 4.78 is 14.8. The molecule has 0 aliphatic rings. The normalized spacial score (nSPS) is 12.2. The van der Waals surface area contributed by atoms with E-state index in [-0.39, 0.29) is 24.3 Å². The molecule has 0 saturated carbocycles. The molecule has 3 rings (SSSR count). The van der Waals surface area contributed by atoms with Gasteiger partial charge in [-0.2, -0.15) is 4.98 Å². The lowest BCUT2D eigenvalue weighted by Crippen LogP contribution is -2.38. The topological polar surface area (TPSA) is 113 Å². The second kappa shape index (κ2) is 10.4. The Bertz CT molecular complexity index is 1160. The van der Waals surface area contributed by atoms with E-state index in [1.807, 2.05) is 0 Å². The molecule has 2 N–H and O–H groups in total. The number of hydrogen-bond acceptors (Lipinski definition) is 7. The number of fused-ring (bicyclic) bond motifs is 1. The molecular weight excluding hydrogens is 414 g/mol. The quantitative estimate of drug-likeness (QED) is 0.430. The van der Waals surface area contributed by atoms with Gasteiger partial charge in [-0.05, 0) is 30.7 Å². The molecule has 0 aliphatic heterocycles.